The zero-order valence-electron chi connectivity index (χ0n) is 51.4. The van der Waals surface area contributed by atoms with Crippen molar-refractivity contribution in [1.29, 1.82) is 0 Å². The number of rotatable bonds is 26. The van der Waals surface area contributed by atoms with E-state index in [0.29, 0.717) is 108 Å². The van der Waals surface area contributed by atoms with Crippen LogP contribution >= 0.6 is 0 Å². The number of piperidine rings is 1. The largest absolute Gasteiger partial charge is 0.586 e. The quantitative estimate of drug-likeness (QED) is 0.0255. The Kier molecular flexibility index (Phi) is 19.3. The van der Waals surface area contributed by atoms with E-state index >= 15 is 4.39 Å². The van der Waals surface area contributed by atoms with Gasteiger partial charge < -0.3 is 54.4 Å². The molecule has 24 heteroatoms. The monoisotopic (exact) mass is 1260 g/mol. The second-order valence-corrected chi connectivity index (χ2v) is 24.7. The van der Waals surface area contributed by atoms with Crippen molar-refractivity contribution in [3.8, 4) is 23.3 Å². The molecular formula is C68H73F3N10O11. The van der Waals surface area contributed by atoms with E-state index in [1.165, 1.54) is 47.4 Å². The molecule has 4 aromatic carbocycles. The average Bonchev–Trinajstić information content (AvgIpc) is 1.58. The summed E-state index contributed by atoms with van der Waals surface area (Å²) < 4.78 is 69.2. The fourth-order valence-corrected chi connectivity index (χ4v) is 11.8. The van der Waals surface area contributed by atoms with E-state index in [9.17, 15) is 43.3 Å². The van der Waals surface area contributed by atoms with E-state index in [4.69, 9.17) is 9.47 Å². The number of hydrogen-bond donors (Lipinski definition) is 5. The van der Waals surface area contributed by atoms with Crippen LogP contribution in [-0.4, -0.2) is 136 Å². The van der Waals surface area contributed by atoms with Crippen LogP contribution in [0.25, 0.3) is 21.8 Å². The van der Waals surface area contributed by atoms with Crippen LogP contribution in [-0.2, 0) is 56.1 Å². The van der Waals surface area contributed by atoms with Gasteiger partial charge >= 0.3 is 6.29 Å². The summed E-state index contributed by atoms with van der Waals surface area (Å²) in [4.78, 5) is 59.6. The first-order valence-corrected chi connectivity index (χ1v) is 30.8. The average molecular weight is 1260 g/mol. The number of halogens is 3. The minimum Gasteiger partial charge on any atom is -0.395 e. The lowest BCUT2D eigenvalue weighted by molar-refractivity contribution is -0.286. The highest BCUT2D eigenvalue weighted by Crippen LogP contribution is 2.52. The number of carbonyl (C=O) groups excluding carboxylic acids is 3. The van der Waals surface area contributed by atoms with E-state index < -0.39 is 47.2 Å². The topological polar surface area (TPSA) is 260 Å². The second-order valence-electron chi connectivity index (χ2n) is 24.7. The summed E-state index contributed by atoms with van der Waals surface area (Å²) in [6, 6.07) is 27.5. The maximum Gasteiger partial charge on any atom is 0.586 e. The molecule has 6 heterocycles. The molecular weight excluding hydrogens is 1190 g/mol. The number of aromatic nitrogens is 7. The molecule has 21 nitrogen and oxygen atoms in total. The molecule has 8 aromatic rings. The van der Waals surface area contributed by atoms with Gasteiger partial charge in [-0.2, -0.15) is 15.3 Å². The molecule has 3 amide bonds. The maximum absolute atomic E-state index is 15.9. The second kappa shape index (κ2) is 27.5. The third-order valence-corrected chi connectivity index (χ3v) is 17.2. The third-order valence-electron chi connectivity index (χ3n) is 17.2. The number of anilines is 1. The molecule has 11 rings (SSSR count). The summed E-state index contributed by atoms with van der Waals surface area (Å²) in [7, 11) is 0. The maximum atomic E-state index is 15.9. The summed E-state index contributed by atoms with van der Waals surface area (Å²) in [5, 5.41) is 51.2. The van der Waals surface area contributed by atoms with Gasteiger partial charge in [0.05, 0.1) is 115 Å². The van der Waals surface area contributed by atoms with Gasteiger partial charge in [0.1, 0.15) is 5.82 Å². The van der Waals surface area contributed by atoms with Crippen LogP contribution in [0.15, 0.2) is 121 Å². The van der Waals surface area contributed by atoms with E-state index in [-0.39, 0.29) is 79.9 Å². The number of aliphatic hydroxyl groups is 3. The van der Waals surface area contributed by atoms with E-state index in [1.807, 2.05) is 69.3 Å². The summed E-state index contributed by atoms with van der Waals surface area (Å²) in [6.07, 6.45) is 3.83. The van der Waals surface area contributed by atoms with Gasteiger partial charge in [0.2, 0.25) is 11.8 Å². The van der Waals surface area contributed by atoms with Crippen molar-refractivity contribution in [2.45, 2.75) is 133 Å². The zero-order valence-corrected chi connectivity index (χ0v) is 51.4. The smallest absolute Gasteiger partial charge is 0.395 e. The van der Waals surface area contributed by atoms with Crippen molar-refractivity contribution < 1.29 is 61.8 Å². The van der Waals surface area contributed by atoms with Crippen molar-refractivity contribution >= 4 is 45.2 Å². The van der Waals surface area contributed by atoms with Crippen LogP contribution in [0.1, 0.15) is 122 Å². The highest BCUT2D eigenvalue weighted by atomic mass is 19.3. The molecule has 1 aliphatic carbocycles. The Labute approximate surface area is 528 Å². The standard InChI is InChI=1S/C68H73F3N10O11/c1-44(46-12-6-4-7-13-46)29-61(84)78-25-22-66(88,23-26-78)41-79-43-73-55-30-45(14-18-53(55)63(79)86)11-10-24-72-62(85)48-35-74-80(36-48)37-50-16-17-51(77-76-50)40-89-27-8-5-9-28-90-42-65(2,3)60-32-47-31-56(54(69)34-57(47)81(60)38-52(83)39-82)75-64(87)67(20-21-67)49-15-19-58-59(33-49)92-68(70,71)91-58/h4,6-7,12-19,30-36,43-44,52,82-83,88H,5,8-9,20-29,37-42H2,1-3H3,(H,72,85)(H,75,87)/t44-,52-/m1/s1. The number of amides is 3. The number of carbonyl (C=O) groups is 3. The van der Waals surface area contributed by atoms with Crippen LogP contribution < -0.4 is 25.7 Å². The Morgan fingerprint density at radius 2 is 1.63 bits per heavy atom. The predicted octanol–water partition coefficient (Wildman–Crippen LogP) is 7.88. The molecule has 1 saturated heterocycles. The van der Waals surface area contributed by atoms with E-state index in [1.54, 1.807) is 38.5 Å². The van der Waals surface area contributed by atoms with Crippen molar-refractivity contribution in [3.05, 3.63) is 171 Å². The Morgan fingerprint density at radius 3 is 2.38 bits per heavy atom. The first kappa shape index (κ1) is 64.5. The van der Waals surface area contributed by atoms with Crippen molar-refractivity contribution in [1.82, 2.24) is 44.3 Å². The van der Waals surface area contributed by atoms with Crippen molar-refractivity contribution in [2.75, 3.05) is 51.4 Å². The minimum absolute atomic E-state index is 0.0238. The number of nitrogens with zero attached hydrogens (tertiary/aromatic N) is 8. The molecule has 0 unspecified atom stereocenters. The lowest BCUT2D eigenvalue weighted by atomic mass is 9.90. The van der Waals surface area contributed by atoms with Gasteiger partial charge in [0, 0.05) is 67.0 Å². The summed E-state index contributed by atoms with van der Waals surface area (Å²) in [5.74, 6) is 4.19. The molecule has 0 spiro atoms. The van der Waals surface area contributed by atoms with Gasteiger partial charge in [0.25, 0.3) is 11.5 Å². The number of benzene rings is 4. The highest BCUT2D eigenvalue weighted by Gasteiger charge is 2.53. The van der Waals surface area contributed by atoms with Gasteiger partial charge in [-0.1, -0.05) is 69.0 Å². The fourth-order valence-electron chi connectivity index (χ4n) is 11.8. The SMILES string of the molecule is C[C@H](CC(=O)N1CCC(O)(Cn2cnc3cc(C#CCNC(=O)c4cnn(Cc5ccc(COCCCCCOCC(C)(C)c6cc7cc(NC(=O)C8(c9ccc%10c(c9)OC(F)(F)O%10)CC8)c(F)cc7n6C[C@@H](O)CO)nn5)c4)ccc3c2=O)CC1)c1ccccc1. The Balaban J connectivity index is 0.576. The number of hydrogen-bond acceptors (Lipinski definition) is 15. The Bertz CT molecular complexity index is 4110. The number of aliphatic hydroxyl groups excluding tert-OH is 2. The van der Waals surface area contributed by atoms with Gasteiger partial charge in [-0.25, -0.2) is 9.37 Å². The molecule has 92 heavy (non-hydrogen) atoms. The molecule has 2 aliphatic heterocycles. The zero-order chi connectivity index (χ0) is 64.8. The number of unbranched alkanes of at least 4 members (excludes halogenated alkanes) is 2. The predicted molar refractivity (Wildman–Crippen MR) is 333 cm³/mol. The van der Waals surface area contributed by atoms with Gasteiger partial charge in [-0.05, 0) is 117 Å². The Hall–Kier alpha value is -8.99. The van der Waals surface area contributed by atoms with Crippen LogP contribution in [0.2, 0.25) is 0 Å². The minimum atomic E-state index is -3.81. The molecule has 5 N–H and O–H groups in total. The van der Waals surface area contributed by atoms with E-state index in [0.717, 1.165) is 30.5 Å². The number of alkyl halides is 2. The van der Waals surface area contributed by atoms with Gasteiger partial charge in [-0.15, -0.1) is 8.78 Å². The Morgan fingerprint density at radius 1 is 0.880 bits per heavy atom. The molecule has 3 aliphatic rings. The normalized spacial score (nSPS) is 16.0. The molecule has 2 fully saturated rings. The van der Waals surface area contributed by atoms with E-state index in [2.05, 4.69) is 52.2 Å². The first-order valence-electron chi connectivity index (χ1n) is 30.8. The summed E-state index contributed by atoms with van der Waals surface area (Å²) in [6.45, 7) is 8.14. The lowest BCUT2D eigenvalue weighted by Gasteiger charge is -2.38. The van der Waals surface area contributed by atoms with Crippen molar-refractivity contribution in [3.63, 3.8) is 0 Å². The lowest BCUT2D eigenvalue weighted by Crippen LogP contribution is -2.49. The number of nitrogens with one attached hydrogen (secondary N) is 2. The molecule has 482 valence electrons. The third kappa shape index (κ3) is 15.2. The van der Waals surface area contributed by atoms with Gasteiger partial charge in [-0.3, -0.25) is 28.4 Å². The van der Waals surface area contributed by atoms with Gasteiger partial charge in [0.15, 0.2) is 11.5 Å². The number of fused-ring (bicyclic) bond motifs is 3. The summed E-state index contributed by atoms with van der Waals surface area (Å²) in [5.41, 5.74) is 2.18. The van der Waals surface area contributed by atoms with Crippen LogP contribution in [0.4, 0.5) is 18.9 Å². The fraction of sp³-hybridized carbons (Fsp3) is 0.412. The molecule has 4 aromatic heterocycles. The van der Waals surface area contributed by atoms with Crippen LogP contribution in [0, 0.1) is 17.7 Å². The first-order chi connectivity index (χ1) is 44.2. The molecule has 0 bridgehead atoms. The number of ether oxygens (including phenoxy) is 4. The summed E-state index contributed by atoms with van der Waals surface area (Å²) >= 11 is 0. The molecule has 1 saturated carbocycles. The highest BCUT2D eigenvalue weighted by molar-refractivity contribution is 6.03. The van der Waals surface area contributed by atoms with Crippen molar-refractivity contribution in [2.24, 2.45) is 0 Å². The van der Waals surface area contributed by atoms with Crippen LogP contribution in [0.3, 0.4) is 0 Å². The number of likely N-dealkylation sites (tertiary alicyclic amines) is 1. The van der Waals surface area contributed by atoms with Crippen LogP contribution in [0.5, 0.6) is 11.5 Å². The molecule has 0 radical (unpaired) electrons. The molecule has 2 atom stereocenters.